The topological polar surface area (TPSA) is 185 Å². The van der Waals surface area contributed by atoms with Crippen LogP contribution in [0.4, 0.5) is 23.1 Å². The molecular formula is C26H27ClN12O2. The van der Waals surface area contributed by atoms with Crippen molar-refractivity contribution in [2.45, 2.75) is 31.3 Å². The first-order valence-corrected chi connectivity index (χ1v) is 13.7. The van der Waals surface area contributed by atoms with Crippen LogP contribution in [0, 0.1) is 22.7 Å². The number of imidazole rings is 1. The molecule has 41 heavy (non-hydrogen) atoms. The van der Waals surface area contributed by atoms with Crippen LogP contribution in [-0.4, -0.2) is 92.5 Å². The summed E-state index contributed by atoms with van der Waals surface area (Å²) in [5.41, 5.74) is 7.49. The van der Waals surface area contributed by atoms with Gasteiger partial charge in [-0.1, -0.05) is 11.6 Å². The molecule has 14 nitrogen and oxygen atoms in total. The highest BCUT2D eigenvalue weighted by Crippen LogP contribution is 2.37. The molecule has 0 bridgehead atoms. The van der Waals surface area contributed by atoms with Gasteiger partial charge in [0.1, 0.15) is 12.5 Å². The fourth-order valence-corrected chi connectivity index (χ4v) is 5.40. The van der Waals surface area contributed by atoms with Gasteiger partial charge in [-0.3, -0.25) is 14.5 Å². The van der Waals surface area contributed by atoms with E-state index in [0.29, 0.717) is 60.0 Å². The largest absolute Gasteiger partial charge is 0.369 e. The van der Waals surface area contributed by atoms with E-state index >= 15 is 0 Å². The average Bonchev–Trinajstić information content (AvgIpc) is 3.64. The SMILES string of the molecule is N#Cc1cc(Nc2nc(NC3CC3)c3ncc(C#N)n3n2)c(Cl)c(N2CCN(C3CN(C(=O)CC(N)=O)C3)CC2)c1. The van der Waals surface area contributed by atoms with Crippen molar-refractivity contribution in [1.29, 1.82) is 10.5 Å². The van der Waals surface area contributed by atoms with E-state index < -0.39 is 5.91 Å². The van der Waals surface area contributed by atoms with Crippen molar-refractivity contribution in [1.82, 2.24) is 29.4 Å². The fraction of sp³-hybridized carbons (Fsp3) is 0.423. The van der Waals surface area contributed by atoms with Crippen molar-refractivity contribution in [3.63, 3.8) is 0 Å². The Bertz CT molecular complexity index is 1610. The second-order valence-electron chi connectivity index (χ2n) is 10.4. The molecule has 0 unspecified atom stereocenters. The first kappa shape index (κ1) is 26.6. The van der Waals surface area contributed by atoms with Crippen molar-refractivity contribution >= 4 is 52.2 Å². The molecule has 1 aliphatic carbocycles. The number of nitriles is 2. The van der Waals surface area contributed by atoms with Gasteiger partial charge in [-0.05, 0) is 25.0 Å². The van der Waals surface area contributed by atoms with E-state index in [9.17, 15) is 20.1 Å². The minimum atomic E-state index is -0.617. The summed E-state index contributed by atoms with van der Waals surface area (Å²) >= 11 is 6.89. The number of likely N-dealkylation sites (tertiary alicyclic amines) is 1. The van der Waals surface area contributed by atoms with Crippen molar-refractivity contribution < 1.29 is 9.59 Å². The molecule has 6 rings (SSSR count). The summed E-state index contributed by atoms with van der Waals surface area (Å²) in [5.74, 6) is -0.124. The van der Waals surface area contributed by atoms with E-state index in [1.165, 1.54) is 10.7 Å². The molecule has 3 aromatic rings. The lowest BCUT2D eigenvalue weighted by Gasteiger charge is -2.48. The van der Waals surface area contributed by atoms with Gasteiger partial charge in [0.2, 0.25) is 17.8 Å². The monoisotopic (exact) mass is 574 g/mol. The summed E-state index contributed by atoms with van der Waals surface area (Å²) in [7, 11) is 0. The number of primary amides is 1. The molecule has 15 heteroatoms. The normalized spacial score (nSPS) is 17.5. The second kappa shape index (κ2) is 10.7. The van der Waals surface area contributed by atoms with E-state index in [1.807, 2.05) is 0 Å². The van der Waals surface area contributed by atoms with Gasteiger partial charge in [0.25, 0.3) is 0 Å². The van der Waals surface area contributed by atoms with E-state index in [4.69, 9.17) is 17.3 Å². The highest BCUT2D eigenvalue weighted by molar-refractivity contribution is 6.36. The number of nitrogens with zero attached hydrogens (tertiary/aromatic N) is 9. The van der Waals surface area contributed by atoms with Gasteiger partial charge in [0, 0.05) is 51.4 Å². The third kappa shape index (κ3) is 5.39. The number of piperazine rings is 1. The second-order valence-corrected chi connectivity index (χ2v) is 10.8. The summed E-state index contributed by atoms with van der Waals surface area (Å²) in [4.78, 5) is 38.1. The Balaban J connectivity index is 1.18. The maximum Gasteiger partial charge on any atom is 0.247 e. The number of amides is 2. The van der Waals surface area contributed by atoms with Gasteiger partial charge in [-0.2, -0.15) is 20.0 Å². The van der Waals surface area contributed by atoms with Crippen molar-refractivity contribution in [3.05, 3.63) is 34.6 Å². The van der Waals surface area contributed by atoms with Crippen LogP contribution in [0.25, 0.3) is 5.65 Å². The van der Waals surface area contributed by atoms with Gasteiger partial charge < -0.3 is 26.2 Å². The molecule has 3 aliphatic rings. The Hall–Kier alpha value is -4.66. The molecule has 0 spiro atoms. The number of hydrogen-bond acceptors (Lipinski definition) is 11. The Morgan fingerprint density at radius 3 is 2.54 bits per heavy atom. The predicted molar refractivity (Wildman–Crippen MR) is 150 cm³/mol. The van der Waals surface area contributed by atoms with Crippen molar-refractivity contribution in [3.8, 4) is 12.1 Å². The molecule has 2 saturated heterocycles. The average molecular weight is 575 g/mol. The third-order valence-electron chi connectivity index (χ3n) is 7.54. The van der Waals surface area contributed by atoms with E-state index in [1.54, 1.807) is 17.0 Å². The smallest absolute Gasteiger partial charge is 0.247 e. The Morgan fingerprint density at radius 2 is 1.88 bits per heavy atom. The molecule has 2 aromatic heterocycles. The van der Waals surface area contributed by atoms with Crippen molar-refractivity contribution in [2.24, 2.45) is 5.73 Å². The van der Waals surface area contributed by atoms with Crippen LogP contribution in [0.5, 0.6) is 0 Å². The van der Waals surface area contributed by atoms with Gasteiger partial charge in [0.15, 0.2) is 17.2 Å². The number of carbonyl (C=O) groups is 2. The lowest BCUT2D eigenvalue weighted by atomic mass is 10.0. The molecule has 3 fully saturated rings. The molecule has 1 saturated carbocycles. The third-order valence-corrected chi connectivity index (χ3v) is 7.93. The van der Waals surface area contributed by atoms with Gasteiger partial charge in [-0.15, -0.1) is 5.10 Å². The number of rotatable bonds is 8. The van der Waals surface area contributed by atoms with E-state index in [0.717, 1.165) is 31.6 Å². The Kier molecular flexibility index (Phi) is 6.95. The number of halogens is 1. The zero-order chi connectivity index (χ0) is 28.7. The zero-order valence-electron chi connectivity index (χ0n) is 22.0. The number of hydrogen-bond donors (Lipinski definition) is 3. The minimum absolute atomic E-state index is 0.211. The zero-order valence-corrected chi connectivity index (χ0v) is 22.8. The summed E-state index contributed by atoms with van der Waals surface area (Å²) in [5, 5.41) is 30.7. The van der Waals surface area contributed by atoms with Crippen LogP contribution in [0.1, 0.15) is 30.5 Å². The van der Waals surface area contributed by atoms with Crippen LogP contribution < -0.4 is 21.3 Å². The van der Waals surface area contributed by atoms with Crippen LogP contribution in [0.2, 0.25) is 5.02 Å². The van der Waals surface area contributed by atoms with Gasteiger partial charge in [-0.25, -0.2) is 4.98 Å². The first-order chi connectivity index (χ1) is 19.8. The van der Waals surface area contributed by atoms with Gasteiger partial charge >= 0.3 is 0 Å². The molecule has 4 N–H and O–H groups in total. The van der Waals surface area contributed by atoms with Crippen LogP contribution in [-0.2, 0) is 9.59 Å². The fourth-order valence-electron chi connectivity index (χ4n) is 5.12. The Morgan fingerprint density at radius 1 is 1.12 bits per heavy atom. The minimum Gasteiger partial charge on any atom is -0.369 e. The lowest BCUT2D eigenvalue weighted by Crippen LogP contribution is -2.64. The summed E-state index contributed by atoms with van der Waals surface area (Å²) in [6, 6.07) is 8.25. The number of aromatic nitrogens is 4. The molecular weight excluding hydrogens is 548 g/mol. The van der Waals surface area contributed by atoms with Crippen LogP contribution >= 0.6 is 11.6 Å². The summed E-state index contributed by atoms with van der Waals surface area (Å²) < 4.78 is 1.44. The number of anilines is 4. The highest BCUT2D eigenvalue weighted by Gasteiger charge is 2.36. The number of fused-ring (bicyclic) bond motifs is 1. The Labute approximate surface area is 240 Å². The van der Waals surface area contributed by atoms with E-state index in [-0.39, 0.29) is 30.0 Å². The van der Waals surface area contributed by atoms with E-state index in [2.05, 4.69) is 47.6 Å². The summed E-state index contributed by atoms with van der Waals surface area (Å²) in [6.45, 7) is 4.03. The molecule has 0 radical (unpaired) electrons. The maximum absolute atomic E-state index is 12.0. The first-order valence-electron chi connectivity index (χ1n) is 13.3. The van der Waals surface area contributed by atoms with Crippen molar-refractivity contribution in [2.75, 3.05) is 54.8 Å². The van der Waals surface area contributed by atoms with Gasteiger partial charge in [0.05, 0.1) is 34.2 Å². The quantitative estimate of drug-likeness (QED) is 0.326. The molecule has 0 atom stereocenters. The standard InChI is InChI=1S/C26H27ClN12O2/c27-23-19(33-26-34-24(32-16-1-2-16)25-31-12-17(11-29)39(25)35-26)7-15(10-28)8-20(23)37-5-3-36(4-6-37)18-13-38(14-18)22(41)9-21(30)40/h7-8,12,16,18H,1-6,9,13-14H2,(H2,30,40)(H2,32,33,34,35). The van der Waals surface area contributed by atoms with Crippen LogP contribution in [0.15, 0.2) is 18.3 Å². The molecule has 4 heterocycles. The molecule has 1 aromatic carbocycles. The lowest BCUT2D eigenvalue weighted by molar-refractivity contribution is -0.141. The highest BCUT2D eigenvalue weighted by atomic mass is 35.5. The molecule has 2 aliphatic heterocycles. The number of benzene rings is 1. The van der Waals surface area contributed by atoms with Crippen LogP contribution in [0.3, 0.4) is 0 Å². The molecule has 210 valence electrons. The summed E-state index contributed by atoms with van der Waals surface area (Å²) in [6.07, 6.45) is 3.25. The number of nitrogens with one attached hydrogen (secondary N) is 2. The number of nitrogens with two attached hydrogens (primary N) is 1. The maximum atomic E-state index is 12.0. The molecule has 2 amide bonds. The predicted octanol–water partition coefficient (Wildman–Crippen LogP) is 1.05. The number of carbonyl (C=O) groups excluding carboxylic acids is 2.